The molecule has 0 aliphatic rings. The van der Waals surface area contributed by atoms with Crippen LogP contribution in [-0.4, -0.2) is 34.8 Å². The Morgan fingerprint density at radius 1 is 1.26 bits per heavy atom. The van der Waals surface area contributed by atoms with E-state index in [9.17, 15) is 12.8 Å². The average Bonchev–Trinajstić information content (AvgIpc) is 2.77. The summed E-state index contributed by atoms with van der Waals surface area (Å²) in [4.78, 5) is 7.61. The van der Waals surface area contributed by atoms with Crippen LogP contribution in [0.25, 0.3) is 0 Å². The van der Waals surface area contributed by atoms with Crippen molar-refractivity contribution in [2.75, 3.05) is 6.67 Å². The van der Waals surface area contributed by atoms with Crippen LogP contribution in [0.4, 0.5) is 4.39 Å². The summed E-state index contributed by atoms with van der Waals surface area (Å²) in [5.74, 6) is -0.248. The minimum Gasteiger partial charge on any atom is -0.270 e. The first-order valence-electron chi connectivity index (χ1n) is 5.60. The zero-order valence-corrected chi connectivity index (χ0v) is 11.1. The highest BCUT2D eigenvalue weighted by Gasteiger charge is 2.19. The lowest BCUT2D eigenvalue weighted by atomic mass is 10.4. The maximum atomic E-state index is 12.1. The number of hydrogen-bond acceptors (Lipinski definition) is 5. The van der Waals surface area contributed by atoms with Crippen molar-refractivity contribution in [3.05, 3.63) is 35.9 Å². The van der Waals surface area contributed by atoms with Gasteiger partial charge in [-0.1, -0.05) is 0 Å². The molecule has 8 heteroatoms. The van der Waals surface area contributed by atoms with Gasteiger partial charge in [0.05, 0.1) is 18.5 Å². The van der Waals surface area contributed by atoms with E-state index in [-0.39, 0.29) is 17.5 Å². The minimum absolute atomic E-state index is 0.112. The third-order valence-corrected chi connectivity index (χ3v) is 3.87. The number of halogens is 1. The molecular formula is C11H13FN4O2S. The first-order valence-corrected chi connectivity index (χ1v) is 7.25. The van der Waals surface area contributed by atoms with E-state index in [2.05, 4.69) is 15.1 Å². The summed E-state index contributed by atoms with van der Waals surface area (Å²) in [6, 6.07) is 0. The van der Waals surface area contributed by atoms with Gasteiger partial charge in [-0.3, -0.25) is 4.68 Å². The minimum atomic E-state index is -3.60. The molecule has 2 heterocycles. The lowest BCUT2D eigenvalue weighted by Gasteiger charge is -2.01. The highest BCUT2D eigenvalue weighted by atomic mass is 32.2. The fourth-order valence-electron chi connectivity index (χ4n) is 1.52. The van der Waals surface area contributed by atoms with Gasteiger partial charge < -0.3 is 0 Å². The van der Waals surface area contributed by atoms with E-state index in [1.54, 1.807) is 6.92 Å². The molecule has 0 unspecified atom stereocenters. The van der Waals surface area contributed by atoms with Crippen LogP contribution in [-0.2, 0) is 22.1 Å². The number of nitrogens with zero attached hydrogens (tertiary/aromatic N) is 4. The summed E-state index contributed by atoms with van der Waals surface area (Å²) in [6.45, 7) is 1.34. The summed E-state index contributed by atoms with van der Waals surface area (Å²) in [5, 5.41) is 3.66. The second-order valence-corrected chi connectivity index (χ2v) is 5.99. The quantitative estimate of drug-likeness (QED) is 0.763. The fraction of sp³-hybridized carbons (Fsp3) is 0.364. The molecular weight excluding hydrogens is 271 g/mol. The number of aryl methyl sites for hydroxylation is 2. The zero-order chi connectivity index (χ0) is 13.9. The molecule has 2 rings (SSSR count). The van der Waals surface area contributed by atoms with Gasteiger partial charge in [0.1, 0.15) is 6.67 Å². The van der Waals surface area contributed by atoms with Gasteiger partial charge in [-0.15, -0.1) is 0 Å². The van der Waals surface area contributed by atoms with Gasteiger partial charge in [-0.2, -0.15) is 5.10 Å². The first-order chi connectivity index (χ1) is 9.01. The van der Waals surface area contributed by atoms with E-state index < -0.39 is 16.5 Å². The molecule has 0 spiro atoms. The summed E-state index contributed by atoms with van der Waals surface area (Å²) in [5.41, 5.74) is 1.27. The molecule has 0 fully saturated rings. The molecule has 0 aliphatic heterocycles. The number of sulfone groups is 1. The molecule has 0 N–H and O–H groups in total. The van der Waals surface area contributed by atoms with Crippen LogP contribution in [0.5, 0.6) is 0 Å². The average molecular weight is 284 g/mol. The highest BCUT2D eigenvalue weighted by molar-refractivity contribution is 7.90. The Kier molecular flexibility index (Phi) is 3.89. The van der Waals surface area contributed by atoms with Crippen molar-refractivity contribution in [1.82, 2.24) is 19.7 Å². The molecule has 6 nitrogen and oxygen atoms in total. The molecule has 0 aromatic carbocycles. The Balaban J connectivity index is 2.18. The summed E-state index contributed by atoms with van der Waals surface area (Å²) >= 11 is 0. The van der Waals surface area contributed by atoms with Gasteiger partial charge in [0.15, 0.2) is 0 Å². The lowest BCUT2D eigenvalue weighted by molar-refractivity contribution is 0.427. The molecule has 102 valence electrons. The van der Waals surface area contributed by atoms with Crippen LogP contribution in [0.15, 0.2) is 29.9 Å². The van der Waals surface area contributed by atoms with Gasteiger partial charge in [0, 0.05) is 24.2 Å². The molecule has 19 heavy (non-hydrogen) atoms. The maximum Gasteiger partial charge on any atom is 0.247 e. The second-order valence-electron chi connectivity index (χ2n) is 4.10. The molecule has 0 atom stereocenters. The molecule has 0 aliphatic carbocycles. The van der Waals surface area contributed by atoms with Crippen LogP contribution in [0, 0.1) is 6.92 Å². The fourth-order valence-corrected chi connectivity index (χ4v) is 2.66. The Bertz CT molecular complexity index is 652. The van der Waals surface area contributed by atoms with Crippen LogP contribution in [0.3, 0.4) is 0 Å². The number of rotatable bonds is 5. The second kappa shape index (κ2) is 5.43. The SMILES string of the molecule is Cc1cnc(S(=O)(=O)Cc2cnn(CCF)c2)nc1. The number of aromatic nitrogens is 4. The van der Waals surface area contributed by atoms with Crippen molar-refractivity contribution >= 4 is 9.84 Å². The molecule has 2 aromatic heterocycles. The zero-order valence-electron chi connectivity index (χ0n) is 10.3. The predicted octanol–water partition coefficient (Wildman–Crippen LogP) is 0.925. The van der Waals surface area contributed by atoms with Crippen molar-refractivity contribution in [3.8, 4) is 0 Å². The molecule has 0 amide bonds. The summed E-state index contributed by atoms with van der Waals surface area (Å²) in [7, 11) is -3.60. The van der Waals surface area contributed by atoms with Crippen molar-refractivity contribution in [1.29, 1.82) is 0 Å². The van der Waals surface area contributed by atoms with Crippen LogP contribution in [0.1, 0.15) is 11.1 Å². The Hall–Kier alpha value is -1.83. The maximum absolute atomic E-state index is 12.1. The van der Waals surface area contributed by atoms with E-state index in [0.717, 1.165) is 5.56 Å². The predicted molar refractivity (Wildman–Crippen MR) is 65.9 cm³/mol. The van der Waals surface area contributed by atoms with Crippen molar-refractivity contribution in [2.24, 2.45) is 0 Å². The Labute approximate surface area is 110 Å². The Morgan fingerprint density at radius 3 is 2.58 bits per heavy atom. The summed E-state index contributed by atoms with van der Waals surface area (Å²) in [6.07, 6.45) is 5.81. The van der Waals surface area contributed by atoms with Crippen LogP contribution in [0.2, 0.25) is 0 Å². The molecule has 0 saturated carbocycles. The molecule has 2 aromatic rings. The molecule has 0 radical (unpaired) electrons. The number of alkyl halides is 1. The largest absolute Gasteiger partial charge is 0.270 e. The van der Waals surface area contributed by atoms with E-state index in [1.807, 2.05) is 0 Å². The first kappa shape index (κ1) is 13.6. The lowest BCUT2D eigenvalue weighted by Crippen LogP contribution is -2.09. The third-order valence-electron chi connectivity index (χ3n) is 2.39. The highest BCUT2D eigenvalue weighted by Crippen LogP contribution is 2.12. The van der Waals surface area contributed by atoms with Crippen molar-refractivity contribution < 1.29 is 12.8 Å². The molecule has 0 saturated heterocycles. The smallest absolute Gasteiger partial charge is 0.247 e. The van der Waals surface area contributed by atoms with Gasteiger partial charge >= 0.3 is 0 Å². The van der Waals surface area contributed by atoms with Crippen molar-refractivity contribution in [3.63, 3.8) is 0 Å². The van der Waals surface area contributed by atoms with Gasteiger partial charge in [-0.25, -0.2) is 22.8 Å². The van der Waals surface area contributed by atoms with Crippen LogP contribution >= 0.6 is 0 Å². The number of hydrogen-bond donors (Lipinski definition) is 0. The standard InChI is InChI=1S/C11H13FN4O2S/c1-9-4-13-11(14-5-9)19(17,18)8-10-6-15-16(7-10)3-2-12/h4-7H,2-3,8H2,1H3. The van der Waals surface area contributed by atoms with Gasteiger partial charge in [0.2, 0.25) is 15.0 Å². The monoisotopic (exact) mass is 284 g/mol. The van der Waals surface area contributed by atoms with Gasteiger partial charge in [-0.05, 0) is 12.5 Å². The van der Waals surface area contributed by atoms with Gasteiger partial charge in [0.25, 0.3) is 0 Å². The third kappa shape index (κ3) is 3.34. The Morgan fingerprint density at radius 2 is 1.95 bits per heavy atom. The molecule has 0 bridgehead atoms. The van der Waals surface area contributed by atoms with E-state index >= 15 is 0 Å². The van der Waals surface area contributed by atoms with Crippen LogP contribution < -0.4 is 0 Å². The summed E-state index contributed by atoms with van der Waals surface area (Å²) < 4.78 is 37.6. The van der Waals surface area contributed by atoms with Crippen molar-refractivity contribution in [2.45, 2.75) is 24.4 Å². The van der Waals surface area contributed by atoms with E-state index in [0.29, 0.717) is 5.56 Å². The topological polar surface area (TPSA) is 77.7 Å². The normalized spacial score (nSPS) is 11.7. The van der Waals surface area contributed by atoms with E-state index in [1.165, 1.54) is 29.5 Å². The van der Waals surface area contributed by atoms with E-state index in [4.69, 9.17) is 0 Å².